The van der Waals surface area contributed by atoms with E-state index in [0.717, 1.165) is 0 Å². The third kappa shape index (κ3) is 6.99. The molecule has 0 radical (unpaired) electrons. The SMILES string of the molecule is CC[N+](=O)[O-].[2H]C1([2H])Oc2ccc(/C=C(\C)[N+](=O)[O-])cc2O1.[2H]C1([2H])Oc2ccc(C=O)cc2O1. The fourth-order valence-electron chi connectivity index (χ4n) is 2.06. The average Bonchev–Trinajstić information content (AvgIpc) is 3.25. The summed E-state index contributed by atoms with van der Waals surface area (Å²) in [5.74, 6) is 1.09. The Kier molecular flexibility index (Phi) is 6.36. The van der Waals surface area contributed by atoms with Gasteiger partial charge >= 0.3 is 0 Å². The number of fused-ring (bicyclic) bond motifs is 2. The number of hydrogen-bond donors (Lipinski definition) is 0. The van der Waals surface area contributed by atoms with Crippen molar-refractivity contribution in [2.45, 2.75) is 13.8 Å². The minimum atomic E-state index is -2.18. The van der Waals surface area contributed by atoms with Crippen molar-refractivity contribution in [1.82, 2.24) is 0 Å². The smallest absolute Gasteiger partial charge is 0.243 e. The summed E-state index contributed by atoms with van der Waals surface area (Å²) in [4.78, 5) is 29.1. The zero-order valence-electron chi connectivity index (χ0n) is 20.4. The van der Waals surface area contributed by atoms with E-state index < -0.39 is 18.4 Å². The first-order valence-electron chi connectivity index (χ1n) is 10.7. The van der Waals surface area contributed by atoms with Gasteiger partial charge in [0, 0.05) is 30.4 Å². The first kappa shape index (κ1) is 17.7. The van der Waals surface area contributed by atoms with Gasteiger partial charge in [-0.1, -0.05) is 6.07 Å². The molecule has 4 rings (SSSR count). The molecule has 11 heteroatoms. The molecule has 0 saturated heterocycles. The Balaban J connectivity index is 0.000000212. The second-order valence-corrected chi connectivity index (χ2v) is 5.80. The second kappa shape index (κ2) is 11.1. The maximum atomic E-state index is 10.5. The summed E-state index contributed by atoms with van der Waals surface area (Å²) in [5, 5.41) is 19.6. The molecule has 0 aliphatic carbocycles. The molecule has 0 unspecified atom stereocenters. The molecule has 0 N–H and O–H groups in total. The minimum Gasteiger partial charge on any atom is -0.454 e. The number of rotatable bonds is 4. The molecule has 2 aromatic carbocycles. The van der Waals surface area contributed by atoms with Gasteiger partial charge < -0.3 is 18.9 Å². The van der Waals surface area contributed by atoms with E-state index in [4.69, 9.17) is 24.4 Å². The van der Waals surface area contributed by atoms with Gasteiger partial charge in [0.2, 0.25) is 25.7 Å². The zero-order valence-corrected chi connectivity index (χ0v) is 16.4. The van der Waals surface area contributed by atoms with Crippen molar-refractivity contribution >= 4 is 12.4 Å². The van der Waals surface area contributed by atoms with Crippen molar-refractivity contribution in [3.8, 4) is 23.0 Å². The van der Waals surface area contributed by atoms with E-state index >= 15 is 0 Å². The van der Waals surface area contributed by atoms with Gasteiger partial charge in [0.15, 0.2) is 23.0 Å². The Morgan fingerprint density at radius 3 is 1.87 bits per heavy atom. The molecule has 2 aliphatic heterocycles. The molecule has 2 aliphatic rings. The third-order valence-electron chi connectivity index (χ3n) is 3.60. The molecule has 0 amide bonds. The topological polar surface area (TPSA) is 140 Å². The summed E-state index contributed by atoms with van der Waals surface area (Å²) >= 11 is 0. The van der Waals surface area contributed by atoms with Gasteiger partial charge in [0.25, 0.3) is 0 Å². The number of ether oxygens (including phenoxy) is 4. The van der Waals surface area contributed by atoms with Gasteiger partial charge in [0.1, 0.15) is 11.8 Å². The minimum absolute atomic E-state index is 0.00752. The first-order valence-corrected chi connectivity index (χ1v) is 8.69. The fraction of sp³-hybridized carbons (Fsp3) is 0.250. The van der Waals surface area contributed by atoms with Crippen molar-refractivity contribution in [2.24, 2.45) is 0 Å². The lowest BCUT2D eigenvalue weighted by molar-refractivity contribution is -0.475. The number of allylic oxidation sites excluding steroid dienone is 1. The number of hydrogen-bond acceptors (Lipinski definition) is 9. The summed E-state index contributed by atoms with van der Waals surface area (Å²) in [6.07, 6.45) is 2.04. The third-order valence-corrected chi connectivity index (χ3v) is 3.60. The van der Waals surface area contributed by atoms with Crippen LogP contribution in [0.15, 0.2) is 42.1 Å². The summed E-state index contributed by atoms with van der Waals surface area (Å²) < 4.78 is 48.1. The number of benzene rings is 2. The summed E-state index contributed by atoms with van der Waals surface area (Å²) in [7, 11) is 0. The predicted molar refractivity (Wildman–Crippen MR) is 109 cm³/mol. The van der Waals surface area contributed by atoms with Crippen molar-refractivity contribution in [3.05, 3.63) is 73.5 Å². The molecular formula is C20H20N2O9. The van der Waals surface area contributed by atoms with Crippen molar-refractivity contribution in [3.63, 3.8) is 0 Å². The van der Waals surface area contributed by atoms with Crippen LogP contribution in [0.25, 0.3) is 6.08 Å². The predicted octanol–water partition coefficient (Wildman–Crippen LogP) is 3.56. The van der Waals surface area contributed by atoms with Crippen molar-refractivity contribution in [2.75, 3.05) is 20.0 Å². The molecule has 0 saturated carbocycles. The van der Waals surface area contributed by atoms with Gasteiger partial charge in [-0.15, -0.1) is 0 Å². The van der Waals surface area contributed by atoms with Gasteiger partial charge in [-0.05, 0) is 35.9 Å². The summed E-state index contributed by atoms with van der Waals surface area (Å²) in [5.41, 5.74) is 0.978. The number of aldehydes is 1. The normalized spacial score (nSPS) is 17.8. The molecular weight excluding hydrogens is 412 g/mol. The van der Waals surface area contributed by atoms with Crippen LogP contribution >= 0.6 is 0 Å². The van der Waals surface area contributed by atoms with Gasteiger partial charge in [0.05, 0.1) is 4.92 Å². The molecule has 0 bridgehead atoms. The van der Waals surface area contributed by atoms with E-state index in [1.807, 2.05) is 0 Å². The lowest BCUT2D eigenvalue weighted by Crippen LogP contribution is -1.93. The Hall–Kier alpha value is -4.15. The van der Waals surface area contributed by atoms with E-state index in [2.05, 4.69) is 0 Å². The fourth-order valence-corrected chi connectivity index (χ4v) is 2.06. The van der Waals surface area contributed by atoms with E-state index in [1.54, 1.807) is 6.07 Å². The lowest BCUT2D eigenvalue weighted by atomic mass is 10.2. The van der Waals surface area contributed by atoms with Crippen LogP contribution in [-0.4, -0.2) is 36.2 Å². The van der Waals surface area contributed by atoms with Crippen molar-refractivity contribution in [1.29, 1.82) is 0 Å². The van der Waals surface area contributed by atoms with Crippen molar-refractivity contribution < 1.29 is 39.1 Å². The Morgan fingerprint density at radius 1 is 0.968 bits per heavy atom. The number of nitrogens with zero attached hydrogens (tertiary/aromatic N) is 2. The molecule has 0 spiro atoms. The highest BCUT2D eigenvalue weighted by molar-refractivity contribution is 5.76. The van der Waals surface area contributed by atoms with Gasteiger partial charge in [-0.3, -0.25) is 25.0 Å². The van der Waals surface area contributed by atoms with Gasteiger partial charge in [-0.25, -0.2) is 0 Å². The highest BCUT2D eigenvalue weighted by atomic mass is 16.7. The first-order chi connectivity index (χ1) is 16.2. The van der Waals surface area contributed by atoms with E-state index in [0.29, 0.717) is 23.2 Å². The molecule has 164 valence electrons. The van der Waals surface area contributed by atoms with E-state index in [-0.39, 0.29) is 34.4 Å². The maximum Gasteiger partial charge on any atom is 0.243 e. The van der Waals surface area contributed by atoms with Crippen LogP contribution in [0.4, 0.5) is 0 Å². The average molecular weight is 436 g/mol. The van der Waals surface area contributed by atoms with Gasteiger partial charge in [-0.2, -0.15) is 0 Å². The van der Waals surface area contributed by atoms with Crippen LogP contribution in [0.5, 0.6) is 23.0 Å². The van der Waals surface area contributed by atoms with E-state index in [9.17, 15) is 25.0 Å². The van der Waals surface area contributed by atoms with E-state index in [1.165, 1.54) is 50.3 Å². The maximum absolute atomic E-state index is 10.5. The molecule has 0 atom stereocenters. The standard InChI is InChI=1S/C10H9NO4.C8H6O3.C2H5NO2/c1-7(11(12)13)4-8-2-3-9-10(5-8)15-6-14-9;9-4-6-1-2-7-8(3-6)11-5-10-7;1-2-3(4)5/h2-5H,6H2,1H3;1-4H,5H2;2H2,1H3/b7-4+;;/i6D2;5D2;. The lowest BCUT2D eigenvalue weighted by Gasteiger charge is -1.97. The molecule has 0 fully saturated rings. The monoisotopic (exact) mass is 436 g/mol. The Bertz CT molecular complexity index is 1160. The van der Waals surface area contributed by atoms with Crippen LogP contribution in [0.3, 0.4) is 0 Å². The van der Waals surface area contributed by atoms with Crippen LogP contribution in [0, 0.1) is 20.2 Å². The molecule has 2 aromatic rings. The molecule has 11 nitrogen and oxygen atoms in total. The van der Waals surface area contributed by atoms with Crippen LogP contribution in [0.2, 0.25) is 0 Å². The zero-order chi connectivity index (χ0) is 26.4. The highest BCUT2D eigenvalue weighted by Crippen LogP contribution is 2.33. The van der Waals surface area contributed by atoms with Crippen LogP contribution in [-0.2, 0) is 0 Å². The Labute approximate surface area is 182 Å². The molecule has 2 heterocycles. The van der Waals surface area contributed by atoms with Crippen LogP contribution < -0.4 is 18.9 Å². The number of carbonyl (C=O) groups excluding carboxylic acids is 1. The largest absolute Gasteiger partial charge is 0.454 e. The highest BCUT2D eigenvalue weighted by Gasteiger charge is 2.13. The quantitative estimate of drug-likeness (QED) is 0.399. The number of carbonyl (C=O) groups is 1. The molecule has 0 aromatic heterocycles. The van der Waals surface area contributed by atoms with Crippen LogP contribution in [0.1, 0.15) is 35.3 Å². The number of nitro groups is 2. The molecule has 31 heavy (non-hydrogen) atoms. The summed E-state index contributed by atoms with van der Waals surface area (Å²) in [6.45, 7) is -1.39. The second-order valence-electron chi connectivity index (χ2n) is 5.80. The summed E-state index contributed by atoms with van der Waals surface area (Å²) in [6, 6.07) is 9.08. The Morgan fingerprint density at radius 2 is 1.42 bits per heavy atom.